The van der Waals surface area contributed by atoms with Crippen molar-refractivity contribution in [2.24, 2.45) is 0 Å². The Kier molecular flexibility index (Phi) is 4.97. The monoisotopic (exact) mass is 379 g/mol. The van der Waals surface area contributed by atoms with Crippen LogP contribution in [0.5, 0.6) is 5.75 Å². The highest BCUT2D eigenvalue weighted by Crippen LogP contribution is 2.40. The second-order valence-corrected chi connectivity index (χ2v) is 7.48. The van der Waals surface area contributed by atoms with Gasteiger partial charge in [0.15, 0.2) is 0 Å². The molecule has 0 aliphatic rings. The standard InChI is InChI=1S/C22H21NO3S/c1-26-18-10-9-17-20(16-11-13-27-21(16)22(25)23-17)19(18)15-7-5-14(6-8-15)4-2-3-12-24/h5-11,13,24H,2-4,12H2,1H3,(H,23,25). The molecule has 0 spiro atoms. The molecular formula is C22H21NO3S. The lowest BCUT2D eigenvalue weighted by Crippen LogP contribution is -2.05. The van der Waals surface area contributed by atoms with E-state index in [1.807, 2.05) is 23.6 Å². The maximum Gasteiger partial charge on any atom is 0.266 e. The first-order chi connectivity index (χ1) is 13.2. The molecule has 2 aromatic heterocycles. The third-order valence-corrected chi connectivity index (χ3v) is 5.81. The van der Waals surface area contributed by atoms with E-state index in [4.69, 9.17) is 9.84 Å². The van der Waals surface area contributed by atoms with Gasteiger partial charge in [0.25, 0.3) is 5.56 Å². The first kappa shape index (κ1) is 17.8. The SMILES string of the molecule is COc1ccc2[nH]c(=O)c3sccc3c2c1-c1ccc(CCCCO)cc1. The van der Waals surface area contributed by atoms with Gasteiger partial charge in [-0.05, 0) is 54.0 Å². The number of methoxy groups -OCH3 is 1. The van der Waals surface area contributed by atoms with Crippen LogP contribution in [0.3, 0.4) is 0 Å². The largest absolute Gasteiger partial charge is 0.496 e. The summed E-state index contributed by atoms with van der Waals surface area (Å²) in [5.74, 6) is 0.787. The van der Waals surface area contributed by atoms with Crippen LogP contribution in [-0.4, -0.2) is 23.8 Å². The minimum atomic E-state index is -0.0529. The lowest BCUT2D eigenvalue weighted by atomic mass is 9.96. The van der Waals surface area contributed by atoms with E-state index in [2.05, 4.69) is 29.2 Å². The molecular weight excluding hydrogens is 358 g/mol. The van der Waals surface area contributed by atoms with E-state index >= 15 is 0 Å². The quantitative estimate of drug-likeness (QED) is 0.476. The van der Waals surface area contributed by atoms with Gasteiger partial charge in [0.1, 0.15) is 10.4 Å². The summed E-state index contributed by atoms with van der Waals surface area (Å²) in [7, 11) is 1.67. The number of ether oxygens (including phenoxy) is 1. The maximum absolute atomic E-state index is 12.3. The molecule has 5 heteroatoms. The van der Waals surface area contributed by atoms with Crippen molar-refractivity contribution in [1.29, 1.82) is 0 Å². The molecule has 0 fully saturated rings. The third kappa shape index (κ3) is 3.24. The number of hydrogen-bond donors (Lipinski definition) is 2. The fourth-order valence-electron chi connectivity index (χ4n) is 3.56. The zero-order valence-corrected chi connectivity index (χ0v) is 15.9. The first-order valence-electron chi connectivity index (χ1n) is 9.03. The number of H-pyrrole nitrogens is 1. The normalized spacial score (nSPS) is 11.3. The summed E-state index contributed by atoms with van der Waals surface area (Å²) in [4.78, 5) is 15.3. The molecule has 2 N–H and O–H groups in total. The van der Waals surface area contributed by atoms with Crippen LogP contribution < -0.4 is 10.3 Å². The van der Waals surface area contributed by atoms with E-state index in [1.54, 1.807) is 7.11 Å². The number of fused-ring (bicyclic) bond motifs is 3. The van der Waals surface area contributed by atoms with Crippen LogP contribution in [0.4, 0.5) is 0 Å². The van der Waals surface area contributed by atoms with Crippen molar-refractivity contribution in [3.05, 3.63) is 63.8 Å². The Morgan fingerprint density at radius 3 is 2.63 bits per heavy atom. The number of hydrogen-bond acceptors (Lipinski definition) is 4. The number of unbranched alkanes of at least 4 members (excludes halogenated alkanes) is 1. The van der Waals surface area contributed by atoms with Crippen molar-refractivity contribution >= 4 is 32.3 Å². The van der Waals surface area contributed by atoms with Crippen LogP contribution in [0.15, 0.2) is 52.6 Å². The Labute approximate surface area is 161 Å². The Balaban J connectivity index is 1.89. The zero-order valence-electron chi connectivity index (χ0n) is 15.1. The van der Waals surface area contributed by atoms with Crippen LogP contribution in [0.25, 0.3) is 32.1 Å². The summed E-state index contributed by atoms with van der Waals surface area (Å²) in [5, 5.41) is 12.9. The molecule has 0 bridgehead atoms. The fraction of sp³-hybridized carbons (Fsp3) is 0.227. The van der Waals surface area contributed by atoms with Crippen molar-refractivity contribution < 1.29 is 9.84 Å². The lowest BCUT2D eigenvalue weighted by Gasteiger charge is -2.14. The van der Waals surface area contributed by atoms with Crippen LogP contribution in [0, 0.1) is 0 Å². The van der Waals surface area contributed by atoms with E-state index in [0.717, 1.165) is 57.1 Å². The highest BCUT2D eigenvalue weighted by molar-refractivity contribution is 7.17. The van der Waals surface area contributed by atoms with E-state index < -0.39 is 0 Å². The number of pyridine rings is 1. The van der Waals surface area contributed by atoms with Crippen LogP contribution in [0.1, 0.15) is 18.4 Å². The topological polar surface area (TPSA) is 62.3 Å². The summed E-state index contributed by atoms with van der Waals surface area (Å²) < 4.78 is 6.39. The number of aliphatic hydroxyl groups excluding tert-OH is 1. The van der Waals surface area contributed by atoms with Gasteiger partial charge >= 0.3 is 0 Å². The zero-order chi connectivity index (χ0) is 18.8. The predicted molar refractivity (Wildman–Crippen MR) is 112 cm³/mol. The summed E-state index contributed by atoms with van der Waals surface area (Å²) in [6, 6.07) is 14.3. The summed E-state index contributed by atoms with van der Waals surface area (Å²) in [6.07, 6.45) is 2.75. The van der Waals surface area contributed by atoms with Crippen LogP contribution in [-0.2, 0) is 6.42 Å². The van der Waals surface area contributed by atoms with Gasteiger partial charge in [-0.3, -0.25) is 4.79 Å². The van der Waals surface area contributed by atoms with E-state index in [1.165, 1.54) is 16.9 Å². The van der Waals surface area contributed by atoms with Gasteiger partial charge in [0.2, 0.25) is 0 Å². The second-order valence-electron chi connectivity index (χ2n) is 6.56. The number of aliphatic hydroxyl groups is 1. The maximum atomic E-state index is 12.3. The smallest absolute Gasteiger partial charge is 0.266 e. The van der Waals surface area contributed by atoms with Gasteiger partial charge in [0.05, 0.1) is 7.11 Å². The molecule has 0 aliphatic heterocycles. The van der Waals surface area contributed by atoms with Crippen molar-refractivity contribution in [2.75, 3.05) is 13.7 Å². The predicted octanol–water partition coefficient (Wildman–Crippen LogP) is 4.73. The highest BCUT2D eigenvalue weighted by atomic mass is 32.1. The van der Waals surface area contributed by atoms with Crippen molar-refractivity contribution in [3.63, 3.8) is 0 Å². The summed E-state index contributed by atoms with van der Waals surface area (Å²) >= 11 is 1.45. The number of aromatic amines is 1. The third-order valence-electron chi connectivity index (χ3n) is 4.89. The number of aromatic nitrogens is 1. The van der Waals surface area contributed by atoms with Gasteiger partial charge in [-0.15, -0.1) is 11.3 Å². The van der Waals surface area contributed by atoms with Crippen LogP contribution in [0.2, 0.25) is 0 Å². The molecule has 4 nitrogen and oxygen atoms in total. The number of rotatable bonds is 6. The highest BCUT2D eigenvalue weighted by Gasteiger charge is 2.16. The molecule has 138 valence electrons. The molecule has 0 amide bonds. The molecule has 2 aromatic carbocycles. The Morgan fingerprint density at radius 2 is 1.89 bits per heavy atom. The average Bonchev–Trinajstić information content (AvgIpc) is 3.19. The molecule has 0 atom stereocenters. The molecule has 0 saturated heterocycles. The van der Waals surface area contributed by atoms with E-state index in [-0.39, 0.29) is 12.2 Å². The van der Waals surface area contributed by atoms with E-state index in [9.17, 15) is 4.79 Å². The Hall–Kier alpha value is -2.63. The first-order valence-corrected chi connectivity index (χ1v) is 9.91. The van der Waals surface area contributed by atoms with Gasteiger partial charge in [-0.2, -0.15) is 0 Å². The number of aryl methyl sites for hydroxylation is 1. The van der Waals surface area contributed by atoms with Crippen molar-refractivity contribution in [3.8, 4) is 16.9 Å². The lowest BCUT2D eigenvalue weighted by molar-refractivity contribution is 0.284. The van der Waals surface area contributed by atoms with Gasteiger partial charge < -0.3 is 14.8 Å². The van der Waals surface area contributed by atoms with Crippen LogP contribution >= 0.6 is 11.3 Å². The van der Waals surface area contributed by atoms with Gasteiger partial charge in [-0.1, -0.05) is 24.3 Å². The van der Waals surface area contributed by atoms with Gasteiger partial charge in [0, 0.05) is 28.5 Å². The Morgan fingerprint density at radius 1 is 1.07 bits per heavy atom. The van der Waals surface area contributed by atoms with Gasteiger partial charge in [-0.25, -0.2) is 0 Å². The second kappa shape index (κ2) is 7.55. The fourth-order valence-corrected chi connectivity index (χ4v) is 4.36. The summed E-state index contributed by atoms with van der Waals surface area (Å²) in [5.41, 5.74) is 4.07. The molecule has 0 saturated carbocycles. The molecule has 0 unspecified atom stereocenters. The molecule has 4 aromatic rings. The minimum absolute atomic E-state index is 0.0529. The molecule has 0 aliphatic carbocycles. The Bertz CT molecular complexity index is 1140. The molecule has 27 heavy (non-hydrogen) atoms. The summed E-state index contributed by atoms with van der Waals surface area (Å²) in [6.45, 7) is 0.236. The molecule has 0 radical (unpaired) electrons. The average molecular weight is 379 g/mol. The number of thiophene rings is 1. The number of nitrogens with one attached hydrogen (secondary N) is 1. The van der Waals surface area contributed by atoms with Crippen molar-refractivity contribution in [1.82, 2.24) is 4.98 Å². The molecule has 2 heterocycles. The molecule has 4 rings (SSSR count). The van der Waals surface area contributed by atoms with Crippen molar-refractivity contribution in [2.45, 2.75) is 19.3 Å². The minimum Gasteiger partial charge on any atom is -0.496 e. The number of benzene rings is 2. The van der Waals surface area contributed by atoms with E-state index in [0.29, 0.717) is 0 Å².